The maximum absolute atomic E-state index is 11.8. The maximum atomic E-state index is 11.8. The van der Waals surface area contributed by atoms with E-state index >= 15 is 0 Å². The Labute approximate surface area is 211 Å². The van der Waals surface area contributed by atoms with Crippen LogP contribution in [0.5, 0.6) is 5.75 Å². The number of methoxy groups -OCH3 is 1. The first-order valence-electron chi connectivity index (χ1n) is 11.7. The van der Waals surface area contributed by atoms with Crippen molar-refractivity contribution in [2.75, 3.05) is 23.0 Å². The molecule has 5 rings (SSSR count). The average molecular weight is 512 g/mol. The van der Waals surface area contributed by atoms with Crippen LogP contribution in [-0.4, -0.2) is 36.4 Å². The third-order valence-electron chi connectivity index (χ3n) is 6.69. The van der Waals surface area contributed by atoms with Gasteiger partial charge in [-0.05, 0) is 61.5 Å². The Hall–Kier alpha value is -3.11. The summed E-state index contributed by atoms with van der Waals surface area (Å²) in [7, 11) is -1.93. The first-order valence-corrected chi connectivity index (χ1v) is 14.0. The molecule has 184 valence electrons. The Morgan fingerprint density at radius 1 is 1.14 bits per heavy atom. The summed E-state index contributed by atoms with van der Waals surface area (Å²) < 4.78 is 34.1. The van der Waals surface area contributed by atoms with E-state index in [9.17, 15) is 8.42 Å². The number of ether oxygens (including phenoxy) is 1. The fourth-order valence-electron chi connectivity index (χ4n) is 5.22. The number of hydrogen-bond acceptors (Lipinski definition) is 5. The number of nitrogens with one attached hydrogen (secondary N) is 2. The van der Waals surface area contributed by atoms with E-state index in [1.54, 1.807) is 12.3 Å². The first-order chi connectivity index (χ1) is 16.9. The van der Waals surface area contributed by atoms with Gasteiger partial charge in [0.2, 0.25) is 10.0 Å². The summed E-state index contributed by atoms with van der Waals surface area (Å²) in [6.45, 7) is 0. The lowest BCUT2D eigenvalue weighted by Gasteiger charge is -2.30. The standard InChI is InChI=1S/C25H29N5O3S2/c1-33-22-16-18(12-13-19(22)28-35(2,31)32)30-24(21-11-7-15-29(21)17-8-3-4-9-17)23(27-25(30)34)20-10-5-6-14-26-20/h5-7,10-17,23-24,28H,3-4,8-9H2,1-2H3,(H,27,34)/t23-,24+/m0/s1. The van der Waals surface area contributed by atoms with Crippen LogP contribution in [0.4, 0.5) is 11.4 Å². The summed E-state index contributed by atoms with van der Waals surface area (Å²) in [5.74, 6) is 0.418. The van der Waals surface area contributed by atoms with Gasteiger partial charge in [-0.2, -0.15) is 0 Å². The van der Waals surface area contributed by atoms with Gasteiger partial charge in [0.15, 0.2) is 5.11 Å². The fraction of sp³-hybridized carbons (Fsp3) is 0.360. The molecule has 3 heterocycles. The molecule has 0 spiro atoms. The van der Waals surface area contributed by atoms with E-state index in [0.29, 0.717) is 22.6 Å². The van der Waals surface area contributed by atoms with E-state index < -0.39 is 10.0 Å². The largest absolute Gasteiger partial charge is 0.494 e. The predicted octanol–water partition coefficient (Wildman–Crippen LogP) is 4.56. The van der Waals surface area contributed by atoms with Crippen molar-refractivity contribution in [3.05, 3.63) is 72.3 Å². The molecule has 1 saturated heterocycles. The molecular weight excluding hydrogens is 482 g/mol. The Morgan fingerprint density at radius 2 is 1.94 bits per heavy atom. The topological polar surface area (TPSA) is 88.5 Å². The molecule has 8 nitrogen and oxygen atoms in total. The molecule has 3 aromatic rings. The van der Waals surface area contributed by atoms with Crippen molar-refractivity contribution < 1.29 is 13.2 Å². The normalized spacial score (nSPS) is 20.7. The highest BCUT2D eigenvalue weighted by atomic mass is 32.2. The smallest absolute Gasteiger partial charge is 0.229 e. The highest BCUT2D eigenvalue weighted by molar-refractivity contribution is 7.92. The molecule has 1 aliphatic carbocycles. The van der Waals surface area contributed by atoms with Gasteiger partial charge >= 0.3 is 0 Å². The number of nitrogens with zero attached hydrogens (tertiary/aromatic N) is 3. The second-order valence-corrected chi connectivity index (χ2v) is 11.2. The number of hydrogen-bond donors (Lipinski definition) is 2. The van der Waals surface area contributed by atoms with Gasteiger partial charge in [-0.15, -0.1) is 0 Å². The van der Waals surface area contributed by atoms with Gasteiger partial charge in [0, 0.05) is 35.9 Å². The molecule has 2 atom stereocenters. The zero-order chi connectivity index (χ0) is 24.6. The quantitative estimate of drug-likeness (QED) is 0.450. The van der Waals surface area contributed by atoms with E-state index in [0.717, 1.165) is 23.3 Å². The Balaban J connectivity index is 1.61. The molecule has 2 N–H and O–H groups in total. The van der Waals surface area contributed by atoms with Crippen LogP contribution in [0.1, 0.15) is 55.2 Å². The number of anilines is 2. The second kappa shape index (κ2) is 9.50. The van der Waals surface area contributed by atoms with Crippen LogP contribution < -0.4 is 19.7 Å². The number of rotatable bonds is 7. The van der Waals surface area contributed by atoms with Crippen LogP contribution in [0.25, 0.3) is 0 Å². The Morgan fingerprint density at radius 3 is 2.63 bits per heavy atom. The lowest BCUT2D eigenvalue weighted by atomic mass is 10.00. The van der Waals surface area contributed by atoms with E-state index in [2.05, 4.69) is 42.8 Å². The maximum Gasteiger partial charge on any atom is 0.229 e. The minimum absolute atomic E-state index is 0.147. The molecule has 35 heavy (non-hydrogen) atoms. The molecular formula is C25H29N5O3S2. The predicted molar refractivity (Wildman–Crippen MR) is 141 cm³/mol. The zero-order valence-corrected chi connectivity index (χ0v) is 21.3. The van der Waals surface area contributed by atoms with E-state index in [-0.39, 0.29) is 12.1 Å². The number of aromatic nitrogens is 2. The Bertz CT molecular complexity index is 1320. The summed E-state index contributed by atoms with van der Waals surface area (Å²) in [5.41, 5.74) is 3.26. The molecule has 0 radical (unpaired) electrons. The molecule has 2 aromatic heterocycles. The van der Waals surface area contributed by atoms with Crippen molar-refractivity contribution in [2.24, 2.45) is 0 Å². The number of pyridine rings is 1. The molecule has 0 bridgehead atoms. The third kappa shape index (κ3) is 4.72. The highest BCUT2D eigenvalue weighted by Crippen LogP contribution is 2.45. The first kappa shape index (κ1) is 23.6. The number of benzene rings is 1. The van der Waals surface area contributed by atoms with Crippen molar-refractivity contribution in [3.8, 4) is 5.75 Å². The summed E-state index contributed by atoms with van der Waals surface area (Å²) in [4.78, 5) is 6.72. The van der Waals surface area contributed by atoms with Crippen molar-refractivity contribution >= 4 is 38.7 Å². The minimum atomic E-state index is -3.45. The molecule has 2 fully saturated rings. The summed E-state index contributed by atoms with van der Waals surface area (Å²) in [5, 5.41) is 4.07. The zero-order valence-electron chi connectivity index (χ0n) is 19.7. The monoisotopic (exact) mass is 511 g/mol. The third-order valence-corrected chi connectivity index (χ3v) is 7.59. The van der Waals surface area contributed by atoms with Gasteiger partial charge in [-0.1, -0.05) is 18.9 Å². The van der Waals surface area contributed by atoms with Crippen molar-refractivity contribution in [2.45, 2.75) is 43.8 Å². The molecule has 0 amide bonds. The molecule has 1 aliphatic heterocycles. The highest BCUT2D eigenvalue weighted by Gasteiger charge is 2.42. The molecule has 1 aromatic carbocycles. The van der Waals surface area contributed by atoms with Gasteiger partial charge in [0.1, 0.15) is 11.8 Å². The molecule has 1 saturated carbocycles. The van der Waals surface area contributed by atoms with Crippen molar-refractivity contribution in [1.82, 2.24) is 14.9 Å². The van der Waals surface area contributed by atoms with Crippen LogP contribution in [0.2, 0.25) is 0 Å². The van der Waals surface area contributed by atoms with Gasteiger partial charge in [0.25, 0.3) is 0 Å². The second-order valence-electron chi connectivity index (χ2n) is 9.03. The average Bonchev–Trinajstić information content (AvgIpc) is 3.58. The van der Waals surface area contributed by atoms with Crippen molar-refractivity contribution in [3.63, 3.8) is 0 Å². The van der Waals surface area contributed by atoms with Crippen LogP contribution in [-0.2, 0) is 10.0 Å². The van der Waals surface area contributed by atoms with Gasteiger partial charge in [0.05, 0.1) is 30.8 Å². The van der Waals surface area contributed by atoms with Crippen LogP contribution >= 0.6 is 12.2 Å². The summed E-state index contributed by atoms with van der Waals surface area (Å²) in [6, 6.07) is 15.7. The van der Waals surface area contributed by atoms with Gasteiger partial charge in [-0.25, -0.2) is 8.42 Å². The Kier molecular flexibility index (Phi) is 6.41. The number of sulfonamides is 1. The van der Waals surface area contributed by atoms with Gasteiger partial charge in [-0.3, -0.25) is 9.71 Å². The molecule has 10 heteroatoms. The van der Waals surface area contributed by atoms with Gasteiger partial charge < -0.3 is 19.5 Å². The van der Waals surface area contributed by atoms with Crippen LogP contribution in [0, 0.1) is 0 Å². The van der Waals surface area contributed by atoms with Crippen LogP contribution in [0.15, 0.2) is 60.9 Å². The lowest BCUT2D eigenvalue weighted by molar-refractivity contribution is 0.416. The fourth-order valence-corrected chi connectivity index (χ4v) is 6.13. The van der Waals surface area contributed by atoms with E-state index in [1.807, 2.05) is 30.3 Å². The molecule has 2 aliphatic rings. The van der Waals surface area contributed by atoms with Crippen molar-refractivity contribution in [1.29, 1.82) is 0 Å². The minimum Gasteiger partial charge on any atom is -0.494 e. The van der Waals surface area contributed by atoms with E-state index in [4.69, 9.17) is 17.0 Å². The summed E-state index contributed by atoms with van der Waals surface area (Å²) in [6.07, 6.45) is 9.89. The SMILES string of the molecule is COc1cc(N2C(=S)N[C@@H](c3ccccn3)[C@H]2c2cccn2C2CCCC2)ccc1NS(C)(=O)=O. The van der Waals surface area contributed by atoms with Crippen LogP contribution in [0.3, 0.4) is 0 Å². The lowest BCUT2D eigenvalue weighted by Crippen LogP contribution is -2.30. The summed E-state index contributed by atoms with van der Waals surface area (Å²) >= 11 is 5.85. The number of thiocarbonyl (C=S) groups is 1. The van der Waals surface area contributed by atoms with E-state index in [1.165, 1.54) is 32.8 Å². The molecule has 0 unspecified atom stereocenters.